The van der Waals surface area contributed by atoms with Gasteiger partial charge < -0.3 is 15.0 Å². The van der Waals surface area contributed by atoms with Crippen molar-refractivity contribution in [1.82, 2.24) is 14.9 Å². The van der Waals surface area contributed by atoms with E-state index in [9.17, 15) is 0 Å². The second-order valence-electron chi connectivity index (χ2n) is 4.48. The fraction of sp³-hybridized carbons (Fsp3) is 0.357. The summed E-state index contributed by atoms with van der Waals surface area (Å²) < 4.78 is 2.02. The Kier molecular flexibility index (Phi) is 4.12. The highest BCUT2D eigenvalue weighted by Crippen LogP contribution is 2.11. The number of imidazole rings is 1. The van der Waals surface area contributed by atoms with Crippen molar-refractivity contribution in [3.05, 3.63) is 53.6 Å². The van der Waals surface area contributed by atoms with Crippen LogP contribution in [0.1, 0.15) is 29.9 Å². The molecular formula is C14H19N3O. The molecule has 4 nitrogen and oxygen atoms in total. The van der Waals surface area contributed by atoms with E-state index in [1.807, 2.05) is 36.0 Å². The van der Waals surface area contributed by atoms with Crippen molar-refractivity contribution >= 4 is 0 Å². The Hall–Kier alpha value is -1.65. The second-order valence-corrected chi connectivity index (χ2v) is 4.48. The minimum atomic E-state index is 0.0861. The van der Waals surface area contributed by atoms with Crippen LogP contribution < -0.4 is 5.32 Å². The van der Waals surface area contributed by atoms with Gasteiger partial charge in [0.1, 0.15) is 5.82 Å². The molecule has 96 valence electrons. The van der Waals surface area contributed by atoms with E-state index in [1.165, 1.54) is 5.56 Å². The topological polar surface area (TPSA) is 50.1 Å². The number of hydrogen-bond acceptors (Lipinski definition) is 3. The quantitative estimate of drug-likeness (QED) is 0.844. The number of nitrogens with one attached hydrogen (secondary N) is 1. The van der Waals surface area contributed by atoms with Gasteiger partial charge in [-0.15, -0.1) is 0 Å². The summed E-state index contributed by atoms with van der Waals surface area (Å²) >= 11 is 0. The van der Waals surface area contributed by atoms with Crippen molar-refractivity contribution < 1.29 is 5.11 Å². The lowest BCUT2D eigenvalue weighted by molar-refractivity contribution is 0.281. The van der Waals surface area contributed by atoms with E-state index >= 15 is 0 Å². The molecule has 0 amide bonds. The zero-order chi connectivity index (χ0) is 13.0. The third-order valence-electron chi connectivity index (χ3n) is 3.03. The molecule has 1 unspecified atom stereocenters. The molecule has 2 aromatic rings. The average Bonchev–Trinajstić information content (AvgIpc) is 2.82. The monoisotopic (exact) mass is 245 g/mol. The maximum Gasteiger partial charge on any atom is 0.125 e. The number of rotatable bonds is 5. The van der Waals surface area contributed by atoms with Crippen LogP contribution in [0.3, 0.4) is 0 Å². The van der Waals surface area contributed by atoms with Gasteiger partial charge in [0.05, 0.1) is 12.6 Å². The molecule has 0 aliphatic rings. The minimum Gasteiger partial charge on any atom is -0.392 e. The zero-order valence-corrected chi connectivity index (χ0v) is 10.8. The predicted molar refractivity (Wildman–Crippen MR) is 70.8 cm³/mol. The van der Waals surface area contributed by atoms with Gasteiger partial charge in [0, 0.05) is 26.0 Å². The molecule has 0 spiro atoms. The maximum absolute atomic E-state index is 9.09. The highest BCUT2D eigenvalue weighted by Gasteiger charge is 2.09. The smallest absolute Gasteiger partial charge is 0.125 e. The van der Waals surface area contributed by atoms with E-state index in [2.05, 4.69) is 23.3 Å². The summed E-state index contributed by atoms with van der Waals surface area (Å²) in [6, 6.07) is 8.15. The first-order valence-corrected chi connectivity index (χ1v) is 6.10. The van der Waals surface area contributed by atoms with Crippen LogP contribution in [0.5, 0.6) is 0 Å². The molecule has 1 aromatic heterocycles. The van der Waals surface area contributed by atoms with E-state index in [-0.39, 0.29) is 12.6 Å². The fourth-order valence-corrected chi connectivity index (χ4v) is 1.99. The van der Waals surface area contributed by atoms with Gasteiger partial charge in [0.2, 0.25) is 0 Å². The van der Waals surface area contributed by atoms with E-state index < -0.39 is 0 Å². The SMILES string of the molecule is CC(NCc1cccc(CO)c1)c1nccn1C. The Bertz CT molecular complexity index is 507. The van der Waals surface area contributed by atoms with E-state index in [0.29, 0.717) is 0 Å². The molecule has 4 heteroatoms. The van der Waals surface area contributed by atoms with Crippen molar-refractivity contribution in [2.45, 2.75) is 26.1 Å². The lowest BCUT2D eigenvalue weighted by Gasteiger charge is -2.14. The predicted octanol–water partition coefficient (Wildman–Crippen LogP) is 1.76. The highest BCUT2D eigenvalue weighted by atomic mass is 16.3. The van der Waals surface area contributed by atoms with Crippen molar-refractivity contribution in [2.24, 2.45) is 7.05 Å². The second kappa shape index (κ2) is 5.80. The third-order valence-corrected chi connectivity index (χ3v) is 3.03. The summed E-state index contributed by atoms with van der Waals surface area (Å²) in [4.78, 5) is 4.32. The van der Waals surface area contributed by atoms with Crippen molar-refractivity contribution in [3.63, 3.8) is 0 Å². The summed E-state index contributed by atoms with van der Waals surface area (Å²) in [5.41, 5.74) is 2.11. The number of aliphatic hydroxyl groups excluding tert-OH is 1. The molecule has 0 saturated heterocycles. The van der Waals surface area contributed by atoms with E-state index in [1.54, 1.807) is 6.20 Å². The first-order valence-electron chi connectivity index (χ1n) is 6.10. The number of aliphatic hydroxyl groups is 1. The molecule has 1 atom stereocenters. The molecule has 1 heterocycles. The largest absolute Gasteiger partial charge is 0.392 e. The molecular weight excluding hydrogens is 226 g/mol. The minimum absolute atomic E-state index is 0.0861. The molecule has 1 aromatic carbocycles. The van der Waals surface area contributed by atoms with Gasteiger partial charge in [0.25, 0.3) is 0 Å². The van der Waals surface area contributed by atoms with Gasteiger partial charge >= 0.3 is 0 Å². The summed E-state index contributed by atoms with van der Waals surface area (Å²) in [5.74, 6) is 1.02. The first-order chi connectivity index (χ1) is 8.70. The van der Waals surface area contributed by atoms with Gasteiger partial charge in [-0.25, -0.2) is 4.98 Å². The highest BCUT2D eigenvalue weighted by molar-refractivity contribution is 5.22. The fourth-order valence-electron chi connectivity index (χ4n) is 1.99. The molecule has 0 bridgehead atoms. The molecule has 18 heavy (non-hydrogen) atoms. The van der Waals surface area contributed by atoms with Crippen LogP contribution >= 0.6 is 0 Å². The van der Waals surface area contributed by atoms with E-state index in [0.717, 1.165) is 17.9 Å². The van der Waals surface area contributed by atoms with Crippen LogP contribution in [0.4, 0.5) is 0 Å². The summed E-state index contributed by atoms with van der Waals surface area (Å²) in [6.07, 6.45) is 3.75. The van der Waals surface area contributed by atoms with Crippen molar-refractivity contribution in [3.8, 4) is 0 Å². The van der Waals surface area contributed by atoms with Gasteiger partial charge in [-0.1, -0.05) is 24.3 Å². The summed E-state index contributed by atoms with van der Waals surface area (Å²) in [5, 5.41) is 12.5. The van der Waals surface area contributed by atoms with Crippen LogP contribution in [0.15, 0.2) is 36.7 Å². The molecule has 0 aliphatic carbocycles. The third kappa shape index (κ3) is 2.97. The van der Waals surface area contributed by atoms with E-state index in [4.69, 9.17) is 5.11 Å². The number of aryl methyl sites for hydroxylation is 1. The lowest BCUT2D eigenvalue weighted by Crippen LogP contribution is -2.21. The Balaban J connectivity index is 1.97. The molecule has 0 saturated carbocycles. The Morgan fingerprint density at radius 1 is 1.39 bits per heavy atom. The number of aromatic nitrogens is 2. The Morgan fingerprint density at radius 2 is 2.17 bits per heavy atom. The number of benzene rings is 1. The van der Waals surface area contributed by atoms with Crippen LogP contribution in [-0.4, -0.2) is 14.7 Å². The Morgan fingerprint density at radius 3 is 2.83 bits per heavy atom. The zero-order valence-electron chi connectivity index (χ0n) is 10.8. The van der Waals surface area contributed by atoms with Crippen molar-refractivity contribution in [1.29, 1.82) is 0 Å². The normalized spacial score (nSPS) is 12.6. The summed E-state index contributed by atoms with van der Waals surface area (Å²) in [6.45, 7) is 2.95. The Labute approximate surface area is 107 Å². The summed E-state index contributed by atoms with van der Waals surface area (Å²) in [7, 11) is 1.99. The van der Waals surface area contributed by atoms with Gasteiger partial charge in [-0.05, 0) is 18.1 Å². The van der Waals surface area contributed by atoms with Gasteiger partial charge in [-0.2, -0.15) is 0 Å². The average molecular weight is 245 g/mol. The maximum atomic E-state index is 9.09. The molecule has 2 N–H and O–H groups in total. The molecule has 0 radical (unpaired) electrons. The van der Waals surface area contributed by atoms with Crippen LogP contribution in [0, 0.1) is 0 Å². The number of hydrogen-bond donors (Lipinski definition) is 2. The first kappa shape index (κ1) is 12.8. The number of nitrogens with zero attached hydrogens (tertiary/aromatic N) is 2. The van der Waals surface area contributed by atoms with Gasteiger partial charge in [-0.3, -0.25) is 0 Å². The molecule has 2 rings (SSSR count). The lowest BCUT2D eigenvalue weighted by atomic mass is 10.1. The standard InChI is InChI=1S/C14H19N3O/c1-11(14-15-6-7-17(14)2)16-9-12-4-3-5-13(8-12)10-18/h3-8,11,16,18H,9-10H2,1-2H3. The molecule has 0 aliphatic heterocycles. The van der Waals surface area contributed by atoms with Crippen LogP contribution in [0.25, 0.3) is 0 Å². The van der Waals surface area contributed by atoms with Gasteiger partial charge in [0.15, 0.2) is 0 Å². The molecule has 0 fully saturated rings. The van der Waals surface area contributed by atoms with Crippen LogP contribution in [0.2, 0.25) is 0 Å². The van der Waals surface area contributed by atoms with Crippen molar-refractivity contribution in [2.75, 3.05) is 0 Å². The van der Waals surface area contributed by atoms with Crippen LogP contribution in [-0.2, 0) is 20.2 Å².